The lowest BCUT2D eigenvalue weighted by Crippen LogP contribution is -2.12. The van der Waals surface area contributed by atoms with Gasteiger partial charge in [-0.3, -0.25) is 0 Å². The summed E-state index contributed by atoms with van der Waals surface area (Å²) in [6.45, 7) is 12.4. The monoisotopic (exact) mass is 604 g/mol. The molecular formula is C44H48N2. The first-order chi connectivity index (χ1) is 22.5. The highest BCUT2D eigenvalue weighted by atomic mass is 15.1. The molecule has 0 fully saturated rings. The minimum atomic E-state index is 1.19. The van der Waals surface area contributed by atoms with Crippen LogP contribution in [0.1, 0.15) is 38.8 Å². The van der Waals surface area contributed by atoms with E-state index in [1.807, 2.05) is 27.7 Å². The van der Waals surface area contributed by atoms with E-state index < -0.39 is 0 Å². The van der Waals surface area contributed by atoms with Crippen LogP contribution in [0.3, 0.4) is 0 Å². The van der Waals surface area contributed by atoms with Crippen molar-refractivity contribution >= 4 is 22.7 Å². The summed E-state index contributed by atoms with van der Waals surface area (Å²) in [4.78, 5) is 4.60. The van der Waals surface area contributed by atoms with Gasteiger partial charge < -0.3 is 9.80 Å². The van der Waals surface area contributed by atoms with Crippen molar-refractivity contribution < 1.29 is 0 Å². The molecule has 46 heavy (non-hydrogen) atoms. The van der Waals surface area contributed by atoms with Gasteiger partial charge in [0.25, 0.3) is 0 Å². The van der Waals surface area contributed by atoms with Crippen LogP contribution >= 0.6 is 0 Å². The molecule has 0 spiro atoms. The van der Waals surface area contributed by atoms with E-state index in [2.05, 4.69) is 183 Å². The summed E-state index contributed by atoms with van der Waals surface area (Å²) < 4.78 is 0. The van der Waals surface area contributed by atoms with Gasteiger partial charge in [0, 0.05) is 48.0 Å². The highest BCUT2D eigenvalue weighted by molar-refractivity contribution is 5.85. The van der Waals surface area contributed by atoms with Gasteiger partial charge in [0.1, 0.15) is 0 Å². The standard InChI is InChI=1S/C40H36N2.2C2H6/c1-29-27-33(23-25-37(29)41(3)39-21-13-11-19-35(39)31-15-7-5-8-16-31)34-24-26-38(30(2)28-34)42(4)40-22-14-12-20-36(40)32-17-9-6-10-18-32;2*1-2/h5-28H,1-4H3;2*1-2H3. The Morgan fingerprint density at radius 2 is 0.652 bits per heavy atom. The number of anilines is 4. The SMILES string of the molecule is CC.CC.Cc1cc(-c2ccc(N(C)c3ccccc3-c3ccccc3)c(C)c2)ccc1N(C)c1ccccc1-c1ccccc1. The summed E-state index contributed by atoms with van der Waals surface area (Å²) in [6, 6.07) is 52.0. The molecule has 0 unspecified atom stereocenters. The lowest BCUT2D eigenvalue weighted by molar-refractivity contribution is 1.18. The number of rotatable bonds is 7. The van der Waals surface area contributed by atoms with Crippen LogP contribution in [-0.2, 0) is 0 Å². The highest BCUT2D eigenvalue weighted by Crippen LogP contribution is 2.39. The van der Waals surface area contributed by atoms with Gasteiger partial charge in [-0.05, 0) is 83.6 Å². The predicted molar refractivity (Wildman–Crippen MR) is 204 cm³/mol. The molecule has 6 rings (SSSR count). The molecule has 2 nitrogen and oxygen atoms in total. The fourth-order valence-electron chi connectivity index (χ4n) is 5.94. The Hall–Kier alpha value is -5.08. The van der Waals surface area contributed by atoms with Crippen LogP contribution < -0.4 is 9.80 Å². The molecule has 0 N–H and O–H groups in total. The molecule has 0 atom stereocenters. The van der Waals surface area contributed by atoms with E-state index >= 15 is 0 Å². The Labute approximate surface area is 277 Å². The van der Waals surface area contributed by atoms with Crippen molar-refractivity contribution in [2.45, 2.75) is 41.5 Å². The molecule has 0 radical (unpaired) electrons. The van der Waals surface area contributed by atoms with Gasteiger partial charge in [0.2, 0.25) is 0 Å². The molecule has 0 saturated carbocycles. The lowest BCUT2D eigenvalue weighted by Gasteiger charge is -2.26. The predicted octanol–water partition coefficient (Wildman–Crippen LogP) is 12.9. The average molecular weight is 605 g/mol. The van der Waals surface area contributed by atoms with E-state index in [1.165, 1.54) is 67.3 Å². The van der Waals surface area contributed by atoms with Crippen LogP contribution in [0.5, 0.6) is 0 Å². The first-order valence-electron chi connectivity index (χ1n) is 16.5. The summed E-state index contributed by atoms with van der Waals surface area (Å²) in [5.41, 5.74) is 14.6. The van der Waals surface area contributed by atoms with E-state index in [1.54, 1.807) is 0 Å². The largest absolute Gasteiger partial charge is 0.344 e. The second kappa shape index (κ2) is 16.3. The average Bonchev–Trinajstić information content (AvgIpc) is 3.13. The molecule has 0 aliphatic carbocycles. The smallest absolute Gasteiger partial charge is 0.0487 e. The summed E-state index contributed by atoms with van der Waals surface area (Å²) in [5.74, 6) is 0. The fourth-order valence-corrected chi connectivity index (χ4v) is 5.94. The summed E-state index contributed by atoms with van der Waals surface area (Å²) in [7, 11) is 4.32. The van der Waals surface area contributed by atoms with Crippen LogP contribution in [0.15, 0.2) is 146 Å². The third kappa shape index (κ3) is 7.41. The quantitative estimate of drug-likeness (QED) is 0.179. The molecule has 6 aromatic carbocycles. The molecular weight excluding hydrogens is 556 g/mol. The number of para-hydroxylation sites is 2. The van der Waals surface area contributed by atoms with Crippen LogP contribution in [0, 0.1) is 13.8 Å². The molecule has 0 amide bonds. The van der Waals surface area contributed by atoms with Crippen molar-refractivity contribution in [2.75, 3.05) is 23.9 Å². The number of nitrogens with zero attached hydrogens (tertiary/aromatic N) is 2. The normalized spacial score (nSPS) is 10.2. The first kappa shape index (κ1) is 33.8. The maximum Gasteiger partial charge on any atom is 0.0487 e. The molecule has 0 aliphatic heterocycles. The van der Waals surface area contributed by atoms with Gasteiger partial charge in [-0.2, -0.15) is 0 Å². The van der Waals surface area contributed by atoms with Gasteiger partial charge in [0.15, 0.2) is 0 Å². The van der Waals surface area contributed by atoms with E-state index in [-0.39, 0.29) is 0 Å². The molecule has 234 valence electrons. The minimum Gasteiger partial charge on any atom is -0.344 e. The van der Waals surface area contributed by atoms with E-state index in [0.717, 1.165) is 0 Å². The van der Waals surface area contributed by atoms with E-state index in [0.29, 0.717) is 0 Å². The number of benzene rings is 6. The second-order valence-corrected chi connectivity index (χ2v) is 10.9. The number of hydrogen-bond donors (Lipinski definition) is 0. The Balaban J connectivity index is 0.00000116. The van der Waals surface area contributed by atoms with Crippen molar-refractivity contribution in [1.82, 2.24) is 0 Å². The molecule has 0 bridgehead atoms. The Bertz CT molecular complexity index is 1690. The van der Waals surface area contributed by atoms with E-state index in [9.17, 15) is 0 Å². The van der Waals surface area contributed by atoms with Gasteiger partial charge in [-0.15, -0.1) is 0 Å². The maximum atomic E-state index is 2.31. The number of aryl methyl sites for hydroxylation is 2. The van der Waals surface area contributed by atoms with Crippen LogP contribution in [-0.4, -0.2) is 14.1 Å². The Morgan fingerprint density at radius 3 is 1.00 bits per heavy atom. The second-order valence-electron chi connectivity index (χ2n) is 10.9. The van der Waals surface area contributed by atoms with Crippen molar-refractivity contribution in [3.63, 3.8) is 0 Å². The molecule has 2 heteroatoms. The number of hydrogen-bond acceptors (Lipinski definition) is 2. The summed E-state index contributed by atoms with van der Waals surface area (Å²) in [5, 5.41) is 0. The lowest BCUT2D eigenvalue weighted by atomic mass is 9.98. The zero-order valence-electron chi connectivity index (χ0n) is 28.8. The van der Waals surface area contributed by atoms with Gasteiger partial charge in [-0.1, -0.05) is 137 Å². The Morgan fingerprint density at radius 1 is 0.326 bits per heavy atom. The van der Waals surface area contributed by atoms with Gasteiger partial charge >= 0.3 is 0 Å². The molecule has 0 saturated heterocycles. The van der Waals surface area contributed by atoms with Gasteiger partial charge in [0.05, 0.1) is 0 Å². The third-order valence-electron chi connectivity index (χ3n) is 8.15. The first-order valence-corrected chi connectivity index (χ1v) is 16.5. The zero-order chi connectivity index (χ0) is 33.1. The summed E-state index contributed by atoms with van der Waals surface area (Å²) >= 11 is 0. The van der Waals surface area contributed by atoms with E-state index in [4.69, 9.17) is 0 Å². The summed E-state index contributed by atoms with van der Waals surface area (Å²) in [6.07, 6.45) is 0. The van der Waals surface area contributed by atoms with Crippen molar-refractivity contribution in [1.29, 1.82) is 0 Å². The van der Waals surface area contributed by atoms with Crippen LogP contribution in [0.4, 0.5) is 22.7 Å². The van der Waals surface area contributed by atoms with Crippen molar-refractivity contribution in [3.8, 4) is 33.4 Å². The van der Waals surface area contributed by atoms with Gasteiger partial charge in [-0.25, -0.2) is 0 Å². The fraction of sp³-hybridized carbons (Fsp3) is 0.182. The molecule has 0 aromatic heterocycles. The molecule has 0 heterocycles. The van der Waals surface area contributed by atoms with Crippen LogP contribution in [0.2, 0.25) is 0 Å². The zero-order valence-corrected chi connectivity index (χ0v) is 28.8. The molecule has 6 aromatic rings. The molecule has 0 aliphatic rings. The Kier molecular flexibility index (Phi) is 12.0. The highest BCUT2D eigenvalue weighted by Gasteiger charge is 2.15. The third-order valence-corrected chi connectivity index (χ3v) is 8.15. The van der Waals surface area contributed by atoms with Crippen LogP contribution in [0.25, 0.3) is 33.4 Å². The maximum absolute atomic E-state index is 2.31. The van der Waals surface area contributed by atoms with Crippen molar-refractivity contribution in [2.24, 2.45) is 0 Å². The topological polar surface area (TPSA) is 6.48 Å². The van der Waals surface area contributed by atoms with Crippen molar-refractivity contribution in [3.05, 3.63) is 157 Å². The minimum absolute atomic E-state index is 1.19.